The van der Waals surface area contributed by atoms with E-state index in [0.29, 0.717) is 11.5 Å². The zero-order valence-corrected chi connectivity index (χ0v) is 60.8. The molecule has 4 aliphatic rings. The lowest BCUT2D eigenvalue weighted by molar-refractivity contribution is -0.660. The summed E-state index contributed by atoms with van der Waals surface area (Å²) in [7, 11) is 8.43. The van der Waals surface area contributed by atoms with Crippen LogP contribution < -0.4 is 18.3 Å². The molecule has 0 amide bonds. The lowest BCUT2D eigenvalue weighted by atomic mass is 9.88. The van der Waals surface area contributed by atoms with E-state index in [1.165, 1.54) is 204 Å². The number of aromatic nitrogens is 4. The van der Waals surface area contributed by atoms with Crippen molar-refractivity contribution in [1.82, 2.24) is 0 Å². The molecule has 0 saturated heterocycles. The van der Waals surface area contributed by atoms with E-state index in [1.807, 2.05) is 17.7 Å². The highest BCUT2D eigenvalue weighted by atomic mass is 14.9. The summed E-state index contributed by atoms with van der Waals surface area (Å²) in [6.45, 7) is 15.9. The molecule has 4 aromatic heterocycles. The number of aryl methyl sites for hydroxylation is 9. The minimum atomic E-state index is -2.08. The summed E-state index contributed by atoms with van der Waals surface area (Å²) in [5.41, 5.74) is 40.1. The Bertz CT molecular complexity index is 6370. The molecular formula is C98H88N4+4. The van der Waals surface area contributed by atoms with E-state index in [-0.39, 0.29) is 0 Å². The number of hydrogen-bond donors (Lipinski definition) is 0. The third kappa shape index (κ3) is 10.5. The van der Waals surface area contributed by atoms with E-state index >= 15 is 0 Å². The van der Waals surface area contributed by atoms with Gasteiger partial charge in [0.15, 0.2) is 24.8 Å². The topological polar surface area (TPSA) is 15.5 Å². The molecule has 0 unspecified atom stereocenters. The van der Waals surface area contributed by atoms with Crippen molar-refractivity contribution in [2.75, 3.05) is 0 Å². The van der Waals surface area contributed by atoms with Gasteiger partial charge in [-0.25, -0.2) is 18.3 Å². The van der Waals surface area contributed by atoms with E-state index in [9.17, 15) is 0 Å². The van der Waals surface area contributed by atoms with Crippen LogP contribution in [0.5, 0.6) is 0 Å². The number of fused-ring (bicyclic) bond motifs is 24. The average molecular weight is 1320 g/mol. The maximum absolute atomic E-state index is 7.58. The maximum Gasteiger partial charge on any atom is 0.221 e. The van der Waals surface area contributed by atoms with Crippen molar-refractivity contribution in [3.8, 4) is 67.0 Å². The third-order valence-corrected chi connectivity index (χ3v) is 23.1. The molecular weight excluding hydrogens is 1230 g/mol. The Morgan fingerprint density at radius 2 is 0.686 bits per heavy atom. The Morgan fingerprint density at radius 3 is 1.15 bits per heavy atom. The van der Waals surface area contributed by atoms with Gasteiger partial charge in [0.2, 0.25) is 22.4 Å². The van der Waals surface area contributed by atoms with E-state index in [0.717, 1.165) is 36.9 Å². The highest BCUT2D eigenvalue weighted by Gasteiger charge is 2.31. The van der Waals surface area contributed by atoms with Crippen LogP contribution in [-0.4, -0.2) is 0 Å². The zero-order valence-electron chi connectivity index (χ0n) is 63.8. The van der Waals surface area contributed by atoms with Crippen LogP contribution in [0.1, 0.15) is 113 Å². The van der Waals surface area contributed by atoms with Crippen LogP contribution in [0.15, 0.2) is 243 Å². The molecule has 0 radical (unpaired) electrons. The van der Waals surface area contributed by atoms with Gasteiger partial charge >= 0.3 is 0 Å². The predicted molar refractivity (Wildman–Crippen MR) is 427 cm³/mol. The molecule has 4 nitrogen and oxygen atoms in total. The second-order valence-corrected chi connectivity index (χ2v) is 29.7. The first-order chi connectivity index (χ1) is 50.7. The molecule has 0 N–H and O–H groups in total. The summed E-state index contributed by atoms with van der Waals surface area (Å²) in [5, 5.41) is 13.7. The van der Waals surface area contributed by atoms with Crippen LogP contribution in [0.2, 0.25) is 0 Å². The molecule has 0 spiro atoms. The Balaban J connectivity index is 0.000000104. The van der Waals surface area contributed by atoms with Crippen LogP contribution in [-0.2, 0) is 53.9 Å². The van der Waals surface area contributed by atoms with Crippen molar-refractivity contribution in [3.05, 3.63) is 332 Å². The van der Waals surface area contributed by atoms with E-state index in [4.69, 9.17) is 4.11 Å². The Morgan fingerprint density at radius 1 is 0.294 bits per heavy atom. The fourth-order valence-corrected chi connectivity index (χ4v) is 18.0. The van der Waals surface area contributed by atoms with Crippen molar-refractivity contribution in [3.63, 3.8) is 0 Å². The largest absolute Gasteiger partial charge is 0.221 e. The quantitative estimate of drug-likeness (QED) is 0.124. The van der Waals surface area contributed by atoms with Crippen molar-refractivity contribution in [2.45, 2.75) is 93.8 Å². The molecule has 496 valence electrons. The summed E-state index contributed by atoms with van der Waals surface area (Å²) in [6, 6.07) is 79.6. The van der Waals surface area contributed by atoms with Gasteiger partial charge in [0.05, 0.1) is 21.5 Å². The van der Waals surface area contributed by atoms with Crippen LogP contribution in [0.3, 0.4) is 0 Å². The van der Waals surface area contributed by atoms with Gasteiger partial charge in [0.25, 0.3) is 0 Å². The molecule has 12 aromatic carbocycles. The van der Waals surface area contributed by atoms with Crippen LogP contribution >= 0.6 is 0 Å². The molecule has 4 heterocycles. The first-order valence-electron chi connectivity index (χ1n) is 37.8. The summed E-state index contributed by atoms with van der Waals surface area (Å²) >= 11 is 0. The zero-order chi connectivity index (χ0) is 72.6. The average Bonchev–Trinajstić information content (AvgIpc) is 1.71. The Kier molecular flexibility index (Phi) is 15.0. The molecule has 0 fully saturated rings. The molecule has 0 atom stereocenters. The smallest absolute Gasteiger partial charge is 0.201 e. The van der Waals surface area contributed by atoms with Crippen molar-refractivity contribution in [1.29, 1.82) is 0 Å². The fourth-order valence-electron chi connectivity index (χ4n) is 18.0. The predicted octanol–water partition coefficient (Wildman–Crippen LogP) is 21.9. The highest BCUT2D eigenvalue weighted by Crippen LogP contribution is 2.49. The summed E-state index contributed by atoms with van der Waals surface area (Å²) in [6.07, 6.45) is 12.5. The van der Waals surface area contributed by atoms with Gasteiger partial charge in [-0.05, 0) is 272 Å². The van der Waals surface area contributed by atoms with Crippen molar-refractivity contribution in [2.24, 2.45) is 28.2 Å². The minimum absolute atomic E-state index is 0.366. The number of nitrogens with zero attached hydrogens (tertiary/aromatic N) is 4. The number of pyridine rings is 4. The molecule has 4 heteroatoms. The van der Waals surface area contributed by atoms with E-state index in [2.05, 4.69) is 315 Å². The highest BCUT2D eigenvalue weighted by molar-refractivity contribution is 6.26. The molecule has 0 bridgehead atoms. The maximum atomic E-state index is 7.58. The molecule has 0 aliphatic heterocycles. The minimum Gasteiger partial charge on any atom is -0.201 e. The number of benzene rings is 12. The molecule has 102 heavy (non-hydrogen) atoms. The second-order valence-electron chi connectivity index (χ2n) is 29.7. The van der Waals surface area contributed by atoms with Gasteiger partial charge in [-0.15, -0.1) is 0 Å². The van der Waals surface area contributed by atoms with E-state index in [1.54, 1.807) is 12.3 Å². The second kappa shape index (κ2) is 25.1. The van der Waals surface area contributed by atoms with Gasteiger partial charge in [0, 0.05) is 50.1 Å². The Labute approximate surface area is 605 Å². The number of rotatable bonds is 3. The molecule has 16 aromatic rings. The molecule has 0 saturated carbocycles. The standard InChI is InChI=1S/C29H26N.C27H22N.2C21H20N/c1-17(2)20-14-27-23-12-8-7-11-22(23)26-15-25-21-10-6-5-9-19(21)13-24(25)18(3)28(26)29(27)30(4)16-20;1-16-12-25-21-11-7-6-10-20(21)24-14-23-19-9-5-4-8-18(19)13-22(23)17(2)26(24)27(25)28(3)15-16;1-14-8-11-21(22(3)13-14)17-9-10-19-18-7-5-4-6-16(18)12-20(19)15(17)2;1-14-10-11-22(3)21(12-14)17-8-9-19-18-7-5-4-6-16(18)13-20(19)15(17)2/h5-12,14-17H,13H2,1-4H3;4-12,14-15H,13H2,1-3H3;4-11,13H,12H2,1-3H3;4-12H,13H2,1-3H3/q4*+1/i;;1D3;. The van der Waals surface area contributed by atoms with Gasteiger partial charge in [-0.1, -0.05) is 172 Å². The Hall–Kier alpha value is -11.2. The summed E-state index contributed by atoms with van der Waals surface area (Å²) in [5.74, 6) is 0.505. The first kappa shape index (κ1) is 60.7. The van der Waals surface area contributed by atoms with Crippen LogP contribution in [0.25, 0.3) is 132 Å². The van der Waals surface area contributed by atoms with Gasteiger partial charge in [0.1, 0.15) is 28.2 Å². The van der Waals surface area contributed by atoms with Crippen LogP contribution in [0.4, 0.5) is 0 Å². The van der Waals surface area contributed by atoms with Gasteiger partial charge < -0.3 is 0 Å². The molecule has 4 aliphatic carbocycles. The monoisotopic (exact) mass is 1320 g/mol. The van der Waals surface area contributed by atoms with Crippen molar-refractivity contribution < 1.29 is 22.4 Å². The lowest BCUT2D eigenvalue weighted by Gasteiger charge is -2.15. The van der Waals surface area contributed by atoms with Crippen LogP contribution in [0, 0.1) is 48.4 Å². The lowest BCUT2D eigenvalue weighted by Crippen LogP contribution is -2.31. The van der Waals surface area contributed by atoms with Crippen molar-refractivity contribution >= 4 is 64.9 Å². The normalized spacial score (nSPS) is 13.0. The van der Waals surface area contributed by atoms with Gasteiger partial charge in [-0.2, -0.15) is 0 Å². The third-order valence-electron chi connectivity index (χ3n) is 23.1. The molecule has 20 rings (SSSR count). The summed E-state index contributed by atoms with van der Waals surface area (Å²) < 4.78 is 31.6. The fraction of sp³-hybridized carbons (Fsp3) is 0.184. The van der Waals surface area contributed by atoms with E-state index < -0.39 is 6.85 Å². The first-order valence-corrected chi connectivity index (χ1v) is 36.3. The SMILES string of the molecule is Cc1c2c(cc3c4ccccc4c4cc(C(C)C)c[n+](C)c4c13)-c1ccccc1C2.Cc1cc2c3ccccc3c3cc4c(c(C)c3c2[n+](C)c1)Cc1ccccc1-4.Cc1cc[n+](C)c(-c2ccc3c(c2C)Cc2ccccc2-3)c1.[2H]C([2H])([2H])c1ccc(-c2ccc3c(c2C)Cc2ccccc2-3)[n+](C)c1. The summed E-state index contributed by atoms with van der Waals surface area (Å²) in [4.78, 5) is 0. The van der Waals surface area contributed by atoms with Gasteiger partial charge in [-0.3, -0.25) is 0 Å². The number of hydrogen-bond acceptors (Lipinski definition) is 0.